The average Bonchev–Trinajstić information content (AvgIpc) is 2.37. The smallest absolute Gasteiger partial charge is 0.245 e. The summed E-state index contributed by atoms with van der Waals surface area (Å²) in [5, 5.41) is -0.797. The fraction of sp³-hybridized carbons (Fsp3) is 0.500. The highest BCUT2D eigenvalue weighted by molar-refractivity contribution is 8.00. The van der Waals surface area contributed by atoms with Crippen LogP contribution in [0.3, 0.4) is 0 Å². The predicted octanol–water partition coefficient (Wildman–Crippen LogP) is 2.34. The largest absolute Gasteiger partial charge is 0.306 e. The van der Waals surface area contributed by atoms with Gasteiger partial charge in [0.15, 0.2) is 9.84 Å². The van der Waals surface area contributed by atoms with Crippen molar-refractivity contribution in [1.82, 2.24) is 0 Å². The predicted molar refractivity (Wildman–Crippen MR) is 83.0 cm³/mol. The lowest BCUT2D eigenvalue weighted by Crippen LogP contribution is -2.51. The molecule has 0 saturated heterocycles. The molecule has 20 heavy (non-hydrogen) atoms. The van der Waals surface area contributed by atoms with Gasteiger partial charge in [-0.2, -0.15) is 0 Å². The van der Waals surface area contributed by atoms with E-state index < -0.39 is 15.1 Å². The summed E-state index contributed by atoms with van der Waals surface area (Å²) >= 11 is 1.72. The van der Waals surface area contributed by atoms with Crippen LogP contribution >= 0.6 is 11.8 Å². The van der Waals surface area contributed by atoms with Gasteiger partial charge < -0.3 is 4.90 Å². The molecule has 3 unspecified atom stereocenters. The molecule has 1 aromatic carbocycles. The molecule has 1 aliphatic rings. The number of para-hydroxylation sites is 1. The summed E-state index contributed by atoms with van der Waals surface area (Å²) in [6.07, 6.45) is 1.11. The monoisotopic (exact) mass is 313 g/mol. The van der Waals surface area contributed by atoms with Crippen LogP contribution in [0.4, 0.5) is 5.69 Å². The van der Waals surface area contributed by atoms with Gasteiger partial charge >= 0.3 is 0 Å². The van der Waals surface area contributed by atoms with E-state index in [2.05, 4.69) is 6.92 Å². The highest BCUT2D eigenvalue weighted by Gasteiger charge is 2.37. The van der Waals surface area contributed by atoms with Crippen LogP contribution in [-0.4, -0.2) is 37.1 Å². The van der Waals surface area contributed by atoms with E-state index in [0.29, 0.717) is 0 Å². The minimum absolute atomic E-state index is 0.0356. The zero-order valence-electron chi connectivity index (χ0n) is 12.0. The van der Waals surface area contributed by atoms with Gasteiger partial charge in [0.2, 0.25) is 5.91 Å². The van der Waals surface area contributed by atoms with E-state index in [1.165, 1.54) is 6.92 Å². The van der Waals surface area contributed by atoms with E-state index >= 15 is 0 Å². The van der Waals surface area contributed by atoms with E-state index in [1.807, 2.05) is 31.2 Å². The highest BCUT2D eigenvalue weighted by Crippen LogP contribution is 2.41. The maximum atomic E-state index is 12.6. The van der Waals surface area contributed by atoms with Crippen molar-refractivity contribution in [3.63, 3.8) is 0 Å². The Labute approximate surface area is 124 Å². The molecule has 0 aromatic heterocycles. The summed E-state index contributed by atoms with van der Waals surface area (Å²) in [5.41, 5.74) is 0.809. The molecular weight excluding hydrogens is 294 g/mol. The Kier molecular flexibility index (Phi) is 4.16. The normalized spacial score (nSPS) is 24.1. The van der Waals surface area contributed by atoms with Crippen LogP contribution in [0.25, 0.3) is 0 Å². The van der Waals surface area contributed by atoms with E-state index in [0.717, 1.165) is 16.8 Å². The van der Waals surface area contributed by atoms with Crippen LogP contribution in [0, 0.1) is 0 Å². The van der Waals surface area contributed by atoms with Crippen molar-refractivity contribution in [1.29, 1.82) is 0 Å². The lowest BCUT2D eigenvalue weighted by Gasteiger charge is -2.39. The van der Waals surface area contributed by atoms with Gasteiger partial charge in [-0.05, 0) is 26.0 Å². The van der Waals surface area contributed by atoms with Crippen molar-refractivity contribution >= 4 is 33.2 Å². The topological polar surface area (TPSA) is 54.5 Å². The molecule has 0 N–H and O–H groups in total. The van der Waals surface area contributed by atoms with Gasteiger partial charge in [-0.1, -0.05) is 19.1 Å². The average molecular weight is 313 g/mol. The molecule has 2 rings (SSSR count). The molecule has 1 aliphatic heterocycles. The molecule has 1 heterocycles. The molecule has 110 valence electrons. The molecule has 6 heteroatoms. The number of benzene rings is 1. The number of hydrogen-bond donors (Lipinski definition) is 0. The first kappa shape index (κ1) is 15.4. The molecule has 0 radical (unpaired) electrons. The van der Waals surface area contributed by atoms with Gasteiger partial charge in [0.25, 0.3) is 0 Å². The van der Waals surface area contributed by atoms with Gasteiger partial charge in [0.05, 0.1) is 5.69 Å². The van der Waals surface area contributed by atoms with Gasteiger partial charge in [-0.15, -0.1) is 11.8 Å². The van der Waals surface area contributed by atoms with Crippen LogP contribution in [-0.2, 0) is 14.6 Å². The maximum absolute atomic E-state index is 12.6. The number of thioether (sulfide) groups is 1. The molecule has 0 fully saturated rings. The van der Waals surface area contributed by atoms with Crippen LogP contribution in [0.2, 0.25) is 0 Å². The molecule has 1 aromatic rings. The molecule has 0 aliphatic carbocycles. The third-order valence-corrected chi connectivity index (χ3v) is 6.60. The van der Waals surface area contributed by atoms with Crippen molar-refractivity contribution in [2.24, 2.45) is 0 Å². The summed E-state index contributed by atoms with van der Waals surface area (Å²) in [4.78, 5) is 15.3. The van der Waals surface area contributed by atoms with E-state index in [4.69, 9.17) is 0 Å². The second-order valence-electron chi connectivity index (χ2n) is 5.21. The zero-order valence-corrected chi connectivity index (χ0v) is 13.7. The standard InChI is InChI=1S/C14H19NO3S2/c1-9-10(2)19-13-8-6-5-7-12(13)15(9)14(16)11(3)20(4,17)18/h5-11H,1-4H3. The lowest BCUT2D eigenvalue weighted by molar-refractivity contribution is -0.118. The third-order valence-electron chi connectivity index (χ3n) is 3.75. The molecule has 0 spiro atoms. The zero-order chi connectivity index (χ0) is 15.1. The number of carbonyl (C=O) groups is 1. The van der Waals surface area contributed by atoms with Gasteiger partial charge in [-0.3, -0.25) is 4.79 Å². The first-order chi connectivity index (χ1) is 9.23. The Morgan fingerprint density at radius 1 is 1.30 bits per heavy atom. The van der Waals surface area contributed by atoms with E-state index in [9.17, 15) is 13.2 Å². The SMILES string of the molecule is CC1Sc2ccccc2N(C(=O)C(C)S(C)(=O)=O)C1C. The first-order valence-electron chi connectivity index (χ1n) is 6.51. The number of carbonyl (C=O) groups excluding carboxylic acids is 1. The molecule has 0 bridgehead atoms. The number of anilines is 1. The number of fused-ring (bicyclic) bond motifs is 1. The fourth-order valence-corrected chi connectivity index (χ4v) is 3.83. The Morgan fingerprint density at radius 2 is 1.90 bits per heavy atom. The van der Waals surface area contributed by atoms with Crippen LogP contribution in [0.1, 0.15) is 20.8 Å². The molecule has 3 atom stereocenters. The number of sulfone groups is 1. The van der Waals surface area contributed by atoms with Crippen molar-refractivity contribution in [3.05, 3.63) is 24.3 Å². The second kappa shape index (κ2) is 5.41. The van der Waals surface area contributed by atoms with Crippen LogP contribution in [0.15, 0.2) is 29.2 Å². The van der Waals surface area contributed by atoms with Crippen molar-refractivity contribution in [3.8, 4) is 0 Å². The summed E-state index contributed by atoms with van der Waals surface area (Å²) in [6.45, 7) is 5.47. The number of rotatable bonds is 2. The van der Waals surface area contributed by atoms with Crippen LogP contribution < -0.4 is 4.90 Å². The van der Waals surface area contributed by atoms with Crippen molar-refractivity contribution in [2.75, 3.05) is 11.2 Å². The number of hydrogen-bond acceptors (Lipinski definition) is 4. The van der Waals surface area contributed by atoms with Gasteiger partial charge in [-0.25, -0.2) is 8.42 Å². The number of nitrogens with zero attached hydrogens (tertiary/aromatic N) is 1. The summed E-state index contributed by atoms with van der Waals surface area (Å²) in [5.74, 6) is -0.348. The summed E-state index contributed by atoms with van der Waals surface area (Å²) in [6, 6.07) is 7.60. The van der Waals surface area contributed by atoms with Gasteiger partial charge in [0.1, 0.15) is 5.25 Å². The van der Waals surface area contributed by atoms with Gasteiger partial charge in [0, 0.05) is 22.4 Å². The first-order valence-corrected chi connectivity index (χ1v) is 9.34. The minimum Gasteiger partial charge on any atom is -0.306 e. The van der Waals surface area contributed by atoms with Crippen LogP contribution in [0.5, 0.6) is 0 Å². The quantitative estimate of drug-likeness (QED) is 0.841. The Morgan fingerprint density at radius 3 is 2.50 bits per heavy atom. The molecule has 0 saturated carbocycles. The maximum Gasteiger partial charge on any atom is 0.245 e. The second-order valence-corrected chi connectivity index (χ2v) is 9.00. The Balaban J connectivity index is 2.47. The molecule has 4 nitrogen and oxygen atoms in total. The summed E-state index contributed by atoms with van der Waals surface area (Å²) in [7, 11) is -3.39. The highest BCUT2D eigenvalue weighted by atomic mass is 32.2. The van der Waals surface area contributed by atoms with Crippen molar-refractivity contribution < 1.29 is 13.2 Å². The molecular formula is C14H19NO3S2. The third kappa shape index (κ3) is 2.72. The lowest BCUT2D eigenvalue weighted by atomic mass is 10.1. The fourth-order valence-electron chi connectivity index (χ4n) is 2.18. The Bertz CT molecular complexity index is 627. The summed E-state index contributed by atoms with van der Waals surface area (Å²) < 4.78 is 23.3. The van der Waals surface area contributed by atoms with E-state index in [-0.39, 0.29) is 17.2 Å². The van der Waals surface area contributed by atoms with Crippen molar-refractivity contribution in [2.45, 2.75) is 42.2 Å². The molecule has 1 amide bonds. The van der Waals surface area contributed by atoms with E-state index in [1.54, 1.807) is 16.7 Å². The number of amides is 1. The Hall–Kier alpha value is -1.01. The minimum atomic E-state index is -3.39.